The zero-order valence-corrected chi connectivity index (χ0v) is 20.2. The summed E-state index contributed by atoms with van der Waals surface area (Å²) in [5.74, 6) is -0.246. The Bertz CT molecular complexity index is 1190. The van der Waals surface area contributed by atoms with Gasteiger partial charge in [0.25, 0.3) is 0 Å². The van der Waals surface area contributed by atoms with Crippen molar-refractivity contribution in [3.05, 3.63) is 75.8 Å². The predicted octanol–water partition coefficient (Wildman–Crippen LogP) is 4.40. The van der Waals surface area contributed by atoms with Crippen LogP contribution in [0.3, 0.4) is 0 Å². The summed E-state index contributed by atoms with van der Waals surface area (Å²) in [6.07, 6.45) is 1.28. The summed E-state index contributed by atoms with van der Waals surface area (Å²) >= 11 is 11.8. The van der Waals surface area contributed by atoms with E-state index < -0.39 is 11.8 Å². The van der Waals surface area contributed by atoms with Crippen LogP contribution in [0, 0.1) is 5.82 Å². The molecule has 0 radical (unpaired) electrons. The van der Waals surface area contributed by atoms with Crippen LogP contribution in [0.5, 0.6) is 11.5 Å². The van der Waals surface area contributed by atoms with Crippen molar-refractivity contribution in [2.24, 2.45) is 0 Å². The van der Waals surface area contributed by atoms with Gasteiger partial charge >= 0.3 is 5.97 Å². The number of carboxylic acids is 1. The molecule has 1 aromatic heterocycles. The molecule has 1 aliphatic heterocycles. The number of piperazine rings is 1. The van der Waals surface area contributed by atoms with Gasteiger partial charge in [-0.1, -0.05) is 29.3 Å². The summed E-state index contributed by atoms with van der Waals surface area (Å²) in [4.78, 5) is 24.6. The Morgan fingerprint density at radius 3 is 2.54 bits per heavy atom. The maximum absolute atomic E-state index is 13.4. The quantitative estimate of drug-likeness (QED) is 0.444. The predicted molar refractivity (Wildman–Crippen MR) is 130 cm³/mol. The molecular weight excluding hydrogens is 498 g/mol. The standard InChI is InChI=1S/C24H23Cl2FN4O4/c25-16-2-1-3-17(12-16)34-11-10-30-6-8-31(9-7-30)24-28-14-19(23(32)33)22(29-24)15-35-18-4-5-21(27)20(26)13-18/h1-5,12-14H,6-11,15H2,(H,32,33). The summed E-state index contributed by atoms with van der Waals surface area (Å²) in [5.41, 5.74) is 0.166. The number of nitrogens with zero attached hydrogens (tertiary/aromatic N) is 4. The average Bonchev–Trinajstić information content (AvgIpc) is 2.85. The van der Waals surface area contributed by atoms with E-state index in [2.05, 4.69) is 14.9 Å². The molecule has 0 unspecified atom stereocenters. The minimum Gasteiger partial charge on any atom is -0.492 e. The van der Waals surface area contributed by atoms with Gasteiger partial charge in [0.15, 0.2) is 0 Å². The summed E-state index contributed by atoms with van der Waals surface area (Å²) in [6, 6.07) is 11.2. The van der Waals surface area contributed by atoms with Crippen LogP contribution in [-0.2, 0) is 6.61 Å². The molecule has 4 rings (SSSR count). The first-order valence-corrected chi connectivity index (χ1v) is 11.7. The van der Waals surface area contributed by atoms with Crippen molar-refractivity contribution in [3.63, 3.8) is 0 Å². The number of carboxylic acid groups (broad SMARTS) is 1. The van der Waals surface area contributed by atoms with Crippen molar-refractivity contribution >= 4 is 35.1 Å². The summed E-state index contributed by atoms with van der Waals surface area (Å²) < 4.78 is 24.8. The highest BCUT2D eigenvalue weighted by Crippen LogP contribution is 2.23. The first-order valence-electron chi connectivity index (χ1n) is 10.9. The molecule has 1 aliphatic rings. The number of hydrogen-bond acceptors (Lipinski definition) is 7. The smallest absolute Gasteiger partial charge is 0.339 e. The molecule has 0 amide bonds. The Morgan fingerprint density at radius 2 is 1.83 bits per heavy atom. The number of rotatable bonds is 9. The van der Waals surface area contributed by atoms with Crippen LogP contribution in [0.4, 0.5) is 10.3 Å². The lowest BCUT2D eigenvalue weighted by Crippen LogP contribution is -2.48. The lowest BCUT2D eigenvalue weighted by molar-refractivity contribution is 0.0692. The van der Waals surface area contributed by atoms with E-state index in [1.165, 1.54) is 24.4 Å². The van der Waals surface area contributed by atoms with Crippen LogP contribution >= 0.6 is 23.2 Å². The molecule has 2 heterocycles. The average molecular weight is 521 g/mol. The molecule has 0 atom stereocenters. The number of aromatic nitrogens is 2. The van der Waals surface area contributed by atoms with Crippen molar-refractivity contribution in [2.45, 2.75) is 6.61 Å². The van der Waals surface area contributed by atoms with E-state index >= 15 is 0 Å². The molecule has 0 saturated carbocycles. The Balaban J connectivity index is 1.33. The fraction of sp³-hybridized carbons (Fsp3) is 0.292. The molecule has 8 nitrogen and oxygen atoms in total. The van der Waals surface area contributed by atoms with Gasteiger partial charge in [0.2, 0.25) is 5.95 Å². The van der Waals surface area contributed by atoms with Crippen molar-refractivity contribution in [1.29, 1.82) is 0 Å². The zero-order valence-electron chi connectivity index (χ0n) is 18.7. The highest BCUT2D eigenvalue weighted by molar-refractivity contribution is 6.31. The minimum absolute atomic E-state index is 0.0567. The number of carbonyl (C=O) groups is 1. The minimum atomic E-state index is -1.16. The van der Waals surface area contributed by atoms with E-state index in [-0.39, 0.29) is 22.9 Å². The Kier molecular flexibility index (Phi) is 8.22. The molecule has 11 heteroatoms. The largest absolute Gasteiger partial charge is 0.492 e. The second kappa shape index (κ2) is 11.5. The third-order valence-electron chi connectivity index (χ3n) is 5.48. The number of aromatic carboxylic acids is 1. The van der Waals surface area contributed by atoms with E-state index in [0.29, 0.717) is 36.4 Å². The van der Waals surface area contributed by atoms with Gasteiger partial charge in [0.05, 0.1) is 10.7 Å². The lowest BCUT2D eigenvalue weighted by Gasteiger charge is -2.34. The van der Waals surface area contributed by atoms with E-state index in [9.17, 15) is 14.3 Å². The maximum Gasteiger partial charge on any atom is 0.339 e. The number of benzene rings is 2. The fourth-order valence-electron chi connectivity index (χ4n) is 3.59. The van der Waals surface area contributed by atoms with E-state index in [4.69, 9.17) is 32.7 Å². The first kappa shape index (κ1) is 25.0. The van der Waals surface area contributed by atoms with Gasteiger partial charge in [-0.2, -0.15) is 0 Å². The molecule has 1 N–H and O–H groups in total. The number of hydrogen-bond donors (Lipinski definition) is 1. The highest BCUT2D eigenvalue weighted by atomic mass is 35.5. The maximum atomic E-state index is 13.4. The van der Waals surface area contributed by atoms with Crippen molar-refractivity contribution < 1.29 is 23.8 Å². The van der Waals surface area contributed by atoms with Crippen LogP contribution in [0.1, 0.15) is 16.1 Å². The van der Waals surface area contributed by atoms with Crippen molar-refractivity contribution in [3.8, 4) is 11.5 Å². The zero-order chi connectivity index (χ0) is 24.8. The molecule has 184 valence electrons. The summed E-state index contributed by atoms with van der Waals surface area (Å²) in [7, 11) is 0. The van der Waals surface area contributed by atoms with Gasteiger partial charge in [-0.05, 0) is 30.3 Å². The SMILES string of the molecule is O=C(O)c1cnc(N2CCN(CCOc3cccc(Cl)c3)CC2)nc1COc1ccc(F)c(Cl)c1. The highest BCUT2D eigenvalue weighted by Gasteiger charge is 2.22. The molecule has 3 aromatic rings. The monoisotopic (exact) mass is 520 g/mol. The molecule has 0 bridgehead atoms. The third kappa shape index (κ3) is 6.72. The summed E-state index contributed by atoms with van der Waals surface area (Å²) in [6.45, 7) is 4.10. The van der Waals surface area contributed by atoms with E-state index in [1.807, 2.05) is 17.0 Å². The second-order valence-electron chi connectivity index (χ2n) is 7.83. The molecule has 1 fully saturated rings. The number of ether oxygens (including phenoxy) is 2. The lowest BCUT2D eigenvalue weighted by atomic mass is 10.2. The van der Waals surface area contributed by atoms with Crippen LogP contribution < -0.4 is 14.4 Å². The van der Waals surface area contributed by atoms with Gasteiger partial charge < -0.3 is 19.5 Å². The first-order chi connectivity index (χ1) is 16.9. The fourth-order valence-corrected chi connectivity index (χ4v) is 3.94. The van der Waals surface area contributed by atoms with Crippen LogP contribution in [0.25, 0.3) is 0 Å². The molecule has 2 aromatic carbocycles. The number of anilines is 1. The third-order valence-corrected chi connectivity index (χ3v) is 6.00. The molecule has 0 spiro atoms. The van der Waals surface area contributed by atoms with Gasteiger partial charge in [0, 0.05) is 50.0 Å². The Labute approximate surface area is 211 Å². The van der Waals surface area contributed by atoms with Crippen molar-refractivity contribution in [1.82, 2.24) is 14.9 Å². The Morgan fingerprint density at radius 1 is 1.06 bits per heavy atom. The van der Waals surface area contributed by atoms with Crippen LogP contribution in [0.15, 0.2) is 48.7 Å². The van der Waals surface area contributed by atoms with Gasteiger partial charge in [-0.15, -0.1) is 0 Å². The second-order valence-corrected chi connectivity index (χ2v) is 8.68. The topological polar surface area (TPSA) is 88.0 Å². The van der Waals surface area contributed by atoms with Gasteiger partial charge in [-0.3, -0.25) is 4.90 Å². The van der Waals surface area contributed by atoms with Crippen LogP contribution in [0.2, 0.25) is 10.0 Å². The Hall–Kier alpha value is -3.14. The normalized spacial score (nSPS) is 14.1. The van der Waals surface area contributed by atoms with Crippen LogP contribution in [-0.4, -0.2) is 65.3 Å². The van der Waals surface area contributed by atoms with E-state index in [1.54, 1.807) is 12.1 Å². The molecule has 1 saturated heterocycles. The number of halogens is 3. The molecule has 0 aliphatic carbocycles. The van der Waals surface area contributed by atoms with E-state index in [0.717, 1.165) is 25.4 Å². The van der Waals surface area contributed by atoms with Gasteiger partial charge in [-0.25, -0.2) is 19.2 Å². The van der Waals surface area contributed by atoms with Gasteiger partial charge in [0.1, 0.15) is 36.1 Å². The molecular formula is C24H23Cl2FN4O4. The molecule has 35 heavy (non-hydrogen) atoms. The van der Waals surface area contributed by atoms with Crippen molar-refractivity contribution in [2.75, 3.05) is 44.2 Å². The summed E-state index contributed by atoms with van der Waals surface area (Å²) in [5, 5.41) is 10.1.